The van der Waals surface area contributed by atoms with Gasteiger partial charge in [0.1, 0.15) is 0 Å². The van der Waals surface area contributed by atoms with Crippen molar-refractivity contribution in [3.63, 3.8) is 0 Å². The molecule has 1 aliphatic rings. The van der Waals surface area contributed by atoms with Crippen LogP contribution in [-0.4, -0.2) is 23.0 Å². The van der Waals surface area contributed by atoms with Gasteiger partial charge in [0, 0.05) is 23.4 Å². The highest BCUT2D eigenvalue weighted by atomic mass is 16.5. The average molecular weight is 452 g/mol. The normalized spacial score (nSPS) is 14.7. The van der Waals surface area contributed by atoms with Gasteiger partial charge in [-0.05, 0) is 54.7 Å². The van der Waals surface area contributed by atoms with Crippen LogP contribution in [0.2, 0.25) is 0 Å². The molecule has 6 heteroatoms. The summed E-state index contributed by atoms with van der Waals surface area (Å²) in [7, 11) is 1.59. The maximum Gasteiger partial charge on any atom is 0.251 e. The van der Waals surface area contributed by atoms with E-state index in [4.69, 9.17) is 9.47 Å². The minimum atomic E-state index is -0.107. The Morgan fingerprint density at radius 2 is 1.79 bits per heavy atom. The minimum Gasteiger partial charge on any atom is -0.493 e. The molecule has 1 N–H and O–H groups in total. The summed E-state index contributed by atoms with van der Waals surface area (Å²) in [5.41, 5.74) is 3.83. The Balaban J connectivity index is 1.35. The fourth-order valence-electron chi connectivity index (χ4n) is 4.30. The van der Waals surface area contributed by atoms with Crippen molar-refractivity contribution in [3.05, 3.63) is 102 Å². The number of para-hydroxylation sites is 2. The molecular weight excluding hydrogens is 426 g/mol. The van der Waals surface area contributed by atoms with Gasteiger partial charge in [0.25, 0.3) is 5.91 Å². The number of methoxy groups -OCH3 is 1. The molecule has 34 heavy (non-hydrogen) atoms. The van der Waals surface area contributed by atoms with Crippen molar-refractivity contribution in [1.82, 2.24) is 15.3 Å². The number of hydrogen-bond acceptors (Lipinski definition) is 5. The van der Waals surface area contributed by atoms with Crippen molar-refractivity contribution in [2.75, 3.05) is 7.11 Å². The first-order chi connectivity index (χ1) is 16.7. The number of ether oxygens (including phenoxy) is 2. The largest absolute Gasteiger partial charge is 0.493 e. The summed E-state index contributed by atoms with van der Waals surface area (Å²) in [6.45, 7) is 0. The summed E-state index contributed by atoms with van der Waals surface area (Å²) in [5.74, 6) is 1.94. The number of rotatable bonds is 6. The molecule has 1 aromatic heterocycles. The number of carbonyl (C=O) groups is 1. The topological polar surface area (TPSA) is 73.3 Å². The fraction of sp³-hybridized carbons (Fsp3) is 0.179. The van der Waals surface area contributed by atoms with Crippen LogP contribution in [0, 0.1) is 0 Å². The third kappa shape index (κ3) is 4.62. The van der Waals surface area contributed by atoms with Crippen LogP contribution < -0.4 is 14.8 Å². The minimum absolute atomic E-state index is 0.0231. The van der Waals surface area contributed by atoms with Crippen molar-refractivity contribution in [2.45, 2.75) is 25.3 Å². The second-order valence-corrected chi connectivity index (χ2v) is 8.17. The molecule has 3 aromatic carbocycles. The van der Waals surface area contributed by atoms with Crippen molar-refractivity contribution in [3.8, 4) is 28.8 Å². The molecule has 1 atom stereocenters. The number of aryl methyl sites for hydroxylation is 1. The molecule has 0 unspecified atom stereocenters. The van der Waals surface area contributed by atoms with Crippen LogP contribution in [-0.2, 0) is 6.42 Å². The number of fused-ring (bicyclic) bond motifs is 1. The van der Waals surface area contributed by atoms with Gasteiger partial charge in [-0.3, -0.25) is 4.79 Å². The molecule has 0 saturated heterocycles. The van der Waals surface area contributed by atoms with Crippen LogP contribution in [0.1, 0.15) is 40.4 Å². The molecule has 1 aliphatic carbocycles. The number of aromatic nitrogens is 2. The third-order valence-electron chi connectivity index (χ3n) is 5.97. The first-order valence-electron chi connectivity index (χ1n) is 11.3. The highest BCUT2D eigenvalue weighted by molar-refractivity contribution is 5.95. The summed E-state index contributed by atoms with van der Waals surface area (Å²) in [5, 5.41) is 3.21. The maximum absolute atomic E-state index is 13.1. The SMILES string of the molecule is COc1ccccc1Oc1ccnc(-c2cccc(C(=O)N[C@H]3CCCc4ccccc43)c2)n1. The molecule has 0 aliphatic heterocycles. The van der Waals surface area contributed by atoms with E-state index in [2.05, 4.69) is 33.5 Å². The molecule has 5 rings (SSSR count). The number of amides is 1. The monoisotopic (exact) mass is 451 g/mol. The molecule has 1 amide bonds. The number of nitrogens with one attached hydrogen (secondary N) is 1. The second-order valence-electron chi connectivity index (χ2n) is 8.17. The maximum atomic E-state index is 13.1. The van der Waals surface area contributed by atoms with Crippen molar-refractivity contribution in [1.29, 1.82) is 0 Å². The van der Waals surface area contributed by atoms with E-state index < -0.39 is 0 Å². The molecule has 0 saturated carbocycles. The van der Waals surface area contributed by atoms with E-state index in [0.717, 1.165) is 24.8 Å². The van der Waals surface area contributed by atoms with Crippen LogP contribution in [0.25, 0.3) is 11.4 Å². The van der Waals surface area contributed by atoms with Crippen LogP contribution in [0.15, 0.2) is 85.1 Å². The van der Waals surface area contributed by atoms with E-state index in [-0.39, 0.29) is 11.9 Å². The van der Waals surface area contributed by atoms with Crippen LogP contribution in [0.3, 0.4) is 0 Å². The first kappa shape index (κ1) is 21.6. The van der Waals surface area contributed by atoms with E-state index in [1.165, 1.54) is 11.1 Å². The van der Waals surface area contributed by atoms with E-state index in [1.54, 1.807) is 19.4 Å². The molecule has 0 spiro atoms. The first-order valence-corrected chi connectivity index (χ1v) is 11.3. The fourth-order valence-corrected chi connectivity index (χ4v) is 4.30. The van der Waals surface area contributed by atoms with Crippen molar-refractivity contribution in [2.24, 2.45) is 0 Å². The summed E-state index contributed by atoms with van der Waals surface area (Å²) < 4.78 is 11.3. The Hall–Kier alpha value is -4.19. The van der Waals surface area contributed by atoms with Gasteiger partial charge in [-0.25, -0.2) is 4.98 Å². The van der Waals surface area contributed by atoms with Gasteiger partial charge in [0.2, 0.25) is 5.88 Å². The summed E-state index contributed by atoms with van der Waals surface area (Å²) in [6.07, 6.45) is 4.70. The van der Waals surface area contributed by atoms with Gasteiger partial charge < -0.3 is 14.8 Å². The summed E-state index contributed by atoms with van der Waals surface area (Å²) in [6, 6.07) is 24.8. The summed E-state index contributed by atoms with van der Waals surface area (Å²) in [4.78, 5) is 22.0. The zero-order valence-electron chi connectivity index (χ0n) is 18.9. The number of nitrogens with zero attached hydrogens (tertiary/aromatic N) is 2. The number of benzene rings is 3. The highest BCUT2D eigenvalue weighted by Crippen LogP contribution is 2.31. The van der Waals surface area contributed by atoms with Crippen LogP contribution >= 0.6 is 0 Å². The zero-order chi connectivity index (χ0) is 23.3. The second kappa shape index (κ2) is 9.75. The standard InChI is InChI=1S/C28H25N3O3/c1-33-24-14-4-5-15-25(24)34-26-16-17-29-27(31-26)20-10-6-11-21(18-20)28(32)30-23-13-7-9-19-8-2-3-12-22(19)23/h2-6,8,10-12,14-18,23H,7,9,13H2,1H3,(H,30,32)/t23-/m0/s1. The zero-order valence-corrected chi connectivity index (χ0v) is 18.9. The number of hydrogen-bond donors (Lipinski definition) is 1. The molecular formula is C28H25N3O3. The van der Waals surface area contributed by atoms with Gasteiger partial charge in [0.15, 0.2) is 17.3 Å². The molecule has 0 radical (unpaired) electrons. The van der Waals surface area contributed by atoms with E-state index >= 15 is 0 Å². The summed E-state index contributed by atoms with van der Waals surface area (Å²) >= 11 is 0. The quantitative estimate of drug-likeness (QED) is 0.404. The van der Waals surface area contributed by atoms with E-state index in [1.807, 2.05) is 54.6 Å². The lowest BCUT2D eigenvalue weighted by molar-refractivity contribution is 0.0933. The van der Waals surface area contributed by atoms with Gasteiger partial charge >= 0.3 is 0 Å². The van der Waals surface area contributed by atoms with E-state index in [0.29, 0.717) is 28.8 Å². The molecule has 0 bridgehead atoms. The number of carbonyl (C=O) groups excluding carboxylic acids is 1. The lowest BCUT2D eigenvalue weighted by Crippen LogP contribution is -2.30. The molecule has 170 valence electrons. The Bertz CT molecular complexity index is 1320. The molecule has 1 heterocycles. The van der Waals surface area contributed by atoms with Gasteiger partial charge in [-0.2, -0.15) is 4.98 Å². The van der Waals surface area contributed by atoms with Gasteiger partial charge in [-0.1, -0.05) is 48.5 Å². The van der Waals surface area contributed by atoms with Crippen LogP contribution in [0.4, 0.5) is 0 Å². The van der Waals surface area contributed by atoms with Crippen molar-refractivity contribution < 1.29 is 14.3 Å². The molecule has 4 aromatic rings. The lowest BCUT2D eigenvalue weighted by Gasteiger charge is -2.26. The Morgan fingerprint density at radius 3 is 2.68 bits per heavy atom. The highest BCUT2D eigenvalue weighted by Gasteiger charge is 2.22. The smallest absolute Gasteiger partial charge is 0.251 e. The predicted molar refractivity (Wildman–Crippen MR) is 130 cm³/mol. The van der Waals surface area contributed by atoms with Gasteiger partial charge in [-0.15, -0.1) is 0 Å². The Morgan fingerprint density at radius 1 is 0.971 bits per heavy atom. The average Bonchev–Trinajstić information content (AvgIpc) is 2.89. The molecule has 0 fully saturated rings. The Kier molecular flexibility index (Phi) is 6.21. The predicted octanol–water partition coefficient (Wildman–Crippen LogP) is 5.75. The lowest BCUT2D eigenvalue weighted by atomic mass is 9.87. The van der Waals surface area contributed by atoms with Crippen LogP contribution in [0.5, 0.6) is 17.4 Å². The Labute approximate surface area is 198 Å². The third-order valence-corrected chi connectivity index (χ3v) is 5.97. The van der Waals surface area contributed by atoms with E-state index in [9.17, 15) is 4.79 Å². The molecule has 6 nitrogen and oxygen atoms in total. The van der Waals surface area contributed by atoms with Gasteiger partial charge in [0.05, 0.1) is 13.2 Å². The van der Waals surface area contributed by atoms with Crippen molar-refractivity contribution >= 4 is 5.91 Å².